The van der Waals surface area contributed by atoms with Gasteiger partial charge in [-0.2, -0.15) is 0 Å². The summed E-state index contributed by atoms with van der Waals surface area (Å²) in [6.07, 6.45) is 2.63. The number of amides is 1. The van der Waals surface area contributed by atoms with Crippen molar-refractivity contribution < 1.29 is 14.3 Å². The van der Waals surface area contributed by atoms with Gasteiger partial charge in [-0.25, -0.2) is 0 Å². The summed E-state index contributed by atoms with van der Waals surface area (Å²) in [7, 11) is 0. The Balaban J connectivity index is 1.55. The second kappa shape index (κ2) is 9.14. The van der Waals surface area contributed by atoms with Crippen LogP contribution in [0, 0.1) is 0 Å². The molecule has 29 heavy (non-hydrogen) atoms. The molecule has 150 valence electrons. The van der Waals surface area contributed by atoms with E-state index in [0.29, 0.717) is 13.2 Å². The van der Waals surface area contributed by atoms with Crippen LogP contribution in [-0.2, 0) is 12.8 Å². The standard InChI is InChI=1S/C24H25NO3S/c1-2-19-10-13-23(29-19)24(26)25-20(11-8-17-6-4-3-5-7-17)18-9-12-21-22(16-18)28-15-14-27-21/h3-7,9-10,12-13,16,20H,2,8,11,14-15H2,1H3,(H,25,26). The molecule has 2 heterocycles. The van der Waals surface area contributed by atoms with Crippen LogP contribution in [0.5, 0.6) is 11.5 Å². The Bertz CT molecular complexity index is 967. The summed E-state index contributed by atoms with van der Waals surface area (Å²) in [6, 6.07) is 20.1. The number of hydrogen-bond acceptors (Lipinski definition) is 4. The number of carbonyl (C=O) groups is 1. The number of hydrogen-bond donors (Lipinski definition) is 1. The van der Waals surface area contributed by atoms with Gasteiger partial charge in [-0.15, -0.1) is 11.3 Å². The van der Waals surface area contributed by atoms with E-state index in [2.05, 4.69) is 24.4 Å². The van der Waals surface area contributed by atoms with Crippen LogP contribution in [0.3, 0.4) is 0 Å². The Kier molecular flexibility index (Phi) is 6.15. The Morgan fingerprint density at radius 2 is 1.83 bits per heavy atom. The van der Waals surface area contributed by atoms with Crippen molar-refractivity contribution in [3.05, 3.63) is 81.5 Å². The number of carbonyl (C=O) groups excluding carboxylic acids is 1. The number of ether oxygens (including phenoxy) is 2. The normalized spacial score (nSPS) is 13.7. The van der Waals surface area contributed by atoms with Gasteiger partial charge in [0, 0.05) is 4.88 Å². The largest absolute Gasteiger partial charge is 0.486 e. The molecule has 3 aromatic rings. The average Bonchev–Trinajstić information content (AvgIpc) is 3.26. The van der Waals surface area contributed by atoms with Crippen molar-refractivity contribution >= 4 is 17.2 Å². The monoisotopic (exact) mass is 407 g/mol. The van der Waals surface area contributed by atoms with Gasteiger partial charge in [0.2, 0.25) is 0 Å². The second-order valence-electron chi connectivity index (χ2n) is 7.07. The van der Waals surface area contributed by atoms with Crippen molar-refractivity contribution in [2.75, 3.05) is 13.2 Å². The van der Waals surface area contributed by atoms with E-state index in [-0.39, 0.29) is 11.9 Å². The molecule has 0 spiro atoms. The summed E-state index contributed by atoms with van der Waals surface area (Å²) < 4.78 is 11.4. The fourth-order valence-electron chi connectivity index (χ4n) is 3.47. The summed E-state index contributed by atoms with van der Waals surface area (Å²) in [6.45, 7) is 3.22. The van der Waals surface area contributed by atoms with E-state index in [1.807, 2.05) is 48.5 Å². The first-order valence-corrected chi connectivity index (χ1v) is 10.9. The van der Waals surface area contributed by atoms with Crippen LogP contribution in [0.25, 0.3) is 0 Å². The lowest BCUT2D eigenvalue weighted by atomic mass is 9.98. The van der Waals surface area contributed by atoms with Crippen LogP contribution < -0.4 is 14.8 Å². The van der Waals surface area contributed by atoms with E-state index in [0.717, 1.165) is 41.2 Å². The number of benzene rings is 2. The molecular formula is C24H25NO3S. The topological polar surface area (TPSA) is 47.6 Å². The maximum absolute atomic E-state index is 12.9. The molecule has 0 aliphatic carbocycles. The summed E-state index contributed by atoms with van der Waals surface area (Å²) in [5.74, 6) is 1.48. The third kappa shape index (κ3) is 4.80. The lowest BCUT2D eigenvalue weighted by Gasteiger charge is -2.23. The lowest BCUT2D eigenvalue weighted by molar-refractivity contribution is 0.0938. The molecule has 5 heteroatoms. The third-order valence-corrected chi connectivity index (χ3v) is 6.30. The third-order valence-electron chi connectivity index (χ3n) is 5.07. The molecule has 1 aliphatic rings. The van der Waals surface area contributed by atoms with Crippen LogP contribution in [-0.4, -0.2) is 19.1 Å². The van der Waals surface area contributed by atoms with Gasteiger partial charge < -0.3 is 14.8 Å². The van der Waals surface area contributed by atoms with Gasteiger partial charge in [-0.3, -0.25) is 4.79 Å². The van der Waals surface area contributed by atoms with E-state index < -0.39 is 0 Å². The minimum Gasteiger partial charge on any atom is -0.486 e. The predicted molar refractivity (Wildman–Crippen MR) is 116 cm³/mol. The second-order valence-corrected chi connectivity index (χ2v) is 8.24. The zero-order valence-corrected chi connectivity index (χ0v) is 17.3. The molecule has 1 amide bonds. The van der Waals surface area contributed by atoms with Gasteiger partial charge in [0.15, 0.2) is 11.5 Å². The molecule has 0 bridgehead atoms. The number of thiophene rings is 1. The first-order chi connectivity index (χ1) is 14.2. The number of aryl methyl sites for hydroxylation is 2. The van der Waals surface area contributed by atoms with Crippen molar-refractivity contribution in [1.29, 1.82) is 0 Å². The summed E-state index contributed by atoms with van der Waals surface area (Å²) in [5.41, 5.74) is 2.29. The molecule has 1 aliphatic heterocycles. The molecule has 4 rings (SSSR count). The quantitative estimate of drug-likeness (QED) is 0.587. The Morgan fingerprint density at radius 3 is 2.59 bits per heavy atom. The van der Waals surface area contributed by atoms with Crippen molar-refractivity contribution in [1.82, 2.24) is 5.32 Å². The first-order valence-electron chi connectivity index (χ1n) is 10.1. The zero-order chi connectivity index (χ0) is 20.1. The van der Waals surface area contributed by atoms with Crippen LogP contribution >= 0.6 is 11.3 Å². The van der Waals surface area contributed by atoms with Gasteiger partial charge in [0.25, 0.3) is 5.91 Å². The Morgan fingerprint density at radius 1 is 1.03 bits per heavy atom. The molecule has 0 radical (unpaired) electrons. The minimum atomic E-state index is -0.106. The van der Waals surface area contributed by atoms with E-state index in [4.69, 9.17) is 9.47 Å². The number of fused-ring (bicyclic) bond motifs is 1. The van der Waals surface area contributed by atoms with Gasteiger partial charge in [0.05, 0.1) is 10.9 Å². The highest BCUT2D eigenvalue weighted by molar-refractivity contribution is 7.14. The average molecular weight is 408 g/mol. The summed E-state index contributed by atoms with van der Waals surface area (Å²) in [5, 5.41) is 3.24. The van der Waals surface area contributed by atoms with Crippen LogP contribution in [0.4, 0.5) is 0 Å². The molecule has 1 unspecified atom stereocenters. The SMILES string of the molecule is CCc1ccc(C(=O)NC(CCc2ccccc2)c2ccc3c(c2)OCCO3)s1. The van der Waals surface area contributed by atoms with Crippen molar-refractivity contribution in [3.8, 4) is 11.5 Å². The van der Waals surface area contributed by atoms with Crippen LogP contribution in [0.2, 0.25) is 0 Å². The minimum absolute atomic E-state index is 0.0253. The molecule has 0 saturated carbocycles. The van der Waals surface area contributed by atoms with Gasteiger partial charge in [-0.1, -0.05) is 43.3 Å². The summed E-state index contributed by atoms with van der Waals surface area (Å²) >= 11 is 1.56. The highest BCUT2D eigenvalue weighted by atomic mass is 32.1. The molecule has 4 nitrogen and oxygen atoms in total. The van der Waals surface area contributed by atoms with E-state index in [1.165, 1.54) is 10.4 Å². The van der Waals surface area contributed by atoms with Crippen LogP contribution in [0.1, 0.15) is 45.1 Å². The Hall–Kier alpha value is -2.79. The summed E-state index contributed by atoms with van der Waals surface area (Å²) in [4.78, 5) is 14.9. The fraction of sp³-hybridized carbons (Fsp3) is 0.292. The van der Waals surface area contributed by atoms with Crippen molar-refractivity contribution in [2.45, 2.75) is 32.2 Å². The molecule has 1 atom stereocenters. The van der Waals surface area contributed by atoms with Gasteiger partial charge >= 0.3 is 0 Å². The predicted octanol–water partition coefficient (Wildman–Crippen LogP) is 5.19. The highest BCUT2D eigenvalue weighted by Gasteiger charge is 2.20. The fourth-order valence-corrected chi connectivity index (χ4v) is 4.32. The first kappa shape index (κ1) is 19.5. The van der Waals surface area contributed by atoms with Gasteiger partial charge in [-0.05, 0) is 54.7 Å². The molecule has 0 saturated heterocycles. The number of nitrogens with one attached hydrogen (secondary N) is 1. The molecule has 2 aromatic carbocycles. The molecular weight excluding hydrogens is 382 g/mol. The van der Waals surface area contributed by atoms with Crippen molar-refractivity contribution in [3.63, 3.8) is 0 Å². The molecule has 0 fully saturated rings. The highest BCUT2D eigenvalue weighted by Crippen LogP contribution is 2.34. The lowest BCUT2D eigenvalue weighted by Crippen LogP contribution is -2.28. The molecule has 1 N–H and O–H groups in total. The maximum atomic E-state index is 12.9. The maximum Gasteiger partial charge on any atom is 0.261 e. The Labute approximate surface area is 175 Å². The van der Waals surface area contributed by atoms with E-state index >= 15 is 0 Å². The van der Waals surface area contributed by atoms with Gasteiger partial charge in [0.1, 0.15) is 13.2 Å². The van der Waals surface area contributed by atoms with Crippen molar-refractivity contribution in [2.24, 2.45) is 0 Å². The smallest absolute Gasteiger partial charge is 0.261 e. The van der Waals surface area contributed by atoms with Crippen LogP contribution in [0.15, 0.2) is 60.7 Å². The molecule has 1 aromatic heterocycles. The zero-order valence-electron chi connectivity index (χ0n) is 16.5. The van der Waals surface area contributed by atoms with E-state index in [1.54, 1.807) is 11.3 Å². The van der Waals surface area contributed by atoms with E-state index in [9.17, 15) is 4.79 Å². The number of rotatable bonds is 7.